The fraction of sp³-hybridized carbons (Fsp3) is 0.682. The van der Waals surface area contributed by atoms with Gasteiger partial charge in [0, 0.05) is 39.3 Å². The van der Waals surface area contributed by atoms with Crippen LogP contribution in [0.4, 0.5) is 0 Å². The Hall–Kier alpha value is -1.59. The lowest BCUT2D eigenvalue weighted by molar-refractivity contribution is 0.269. The third-order valence-corrected chi connectivity index (χ3v) is 5.87. The summed E-state index contributed by atoms with van der Waals surface area (Å²) in [6, 6.07) is 9.65. The van der Waals surface area contributed by atoms with Crippen LogP contribution in [0, 0.1) is 0 Å². The highest BCUT2D eigenvalue weighted by Crippen LogP contribution is 2.17. The molecule has 2 fully saturated rings. The van der Waals surface area contributed by atoms with E-state index >= 15 is 0 Å². The Morgan fingerprint density at radius 2 is 1.70 bits per heavy atom. The molecule has 5 nitrogen and oxygen atoms in total. The van der Waals surface area contributed by atoms with Crippen molar-refractivity contribution < 1.29 is 0 Å². The third-order valence-electron chi connectivity index (χ3n) is 5.87. The van der Waals surface area contributed by atoms with Gasteiger partial charge in [0.05, 0.1) is 0 Å². The second kappa shape index (κ2) is 10.7. The summed E-state index contributed by atoms with van der Waals surface area (Å²) in [5.74, 6) is 0.930. The number of nitrogens with zero attached hydrogens (tertiary/aromatic N) is 3. The van der Waals surface area contributed by atoms with Crippen molar-refractivity contribution in [2.45, 2.75) is 57.7 Å². The SMILES string of the molecule is CN=C(NCc1ccc(CN2CCCN(C)CC2)cc1)NC1CCCCC1. The molecule has 2 aliphatic rings. The summed E-state index contributed by atoms with van der Waals surface area (Å²) in [4.78, 5) is 9.40. The van der Waals surface area contributed by atoms with E-state index < -0.39 is 0 Å². The normalized spacial score (nSPS) is 21.0. The van der Waals surface area contributed by atoms with Crippen LogP contribution in [0.5, 0.6) is 0 Å². The van der Waals surface area contributed by atoms with Crippen molar-refractivity contribution in [2.75, 3.05) is 40.3 Å². The van der Waals surface area contributed by atoms with Crippen molar-refractivity contribution in [2.24, 2.45) is 4.99 Å². The van der Waals surface area contributed by atoms with Gasteiger partial charge >= 0.3 is 0 Å². The number of benzene rings is 1. The zero-order chi connectivity index (χ0) is 18.9. The summed E-state index contributed by atoms with van der Waals surface area (Å²) in [5, 5.41) is 7.05. The monoisotopic (exact) mass is 371 g/mol. The molecule has 1 aromatic carbocycles. The van der Waals surface area contributed by atoms with Crippen LogP contribution < -0.4 is 10.6 Å². The molecular weight excluding hydrogens is 334 g/mol. The number of aliphatic imine (C=N–C) groups is 1. The van der Waals surface area contributed by atoms with Gasteiger partial charge < -0.3 is 15.5 Å². The van der Waals surface area contributed by atoms with E-state index in [4.69, 9.17) is 0 Å². The Labute approximate surface area is 165 Å². The summed E-state index contributed by atoms with van der Waals surface area (Å²) < 4.78 is 0. The number of guanidine groups is 1. The Bertz CT molecular complexity index is 577. The molecule has 5 heteroatoms. The molecule has 1 saturated carbocycles. The first-order chi connectivity index (χ1) is 13.2. The van der Waals surface area contributed by atoms with Gasteiger partial charge in [-0.15, -0.1) is 0 Å². The van der Waals surface area contributed by atoms with Gasteiger partial charge in [0.25, 0.3) is 0 Å². The van der Waals surface area contributed by atoms with Gasteiger partial charge in [0.1, 0.15) is 0 Å². The van der Waals surface area contributed by atoms with Gasteiger partial charge in [-0.2, -0.15) is 0 Å². The molecule has 1 saturated heterocycles. The van der Waals surface area contributed by atoms with Gasteiger partial charge in [0.2, 0.25) is 0 Å². The van der Waals surface area contributed by atoms with Crippen molar-refractivity contribution >= 4 is 5.96 Å². The Morgan fingerprint density at radius 1 is 0.963 bits per heavy atom. The molecule has 0 amide bonds. The van der Waals surface area contributed by atoms with Gasteiger partial charge in [-0.1, -0.05) is 43.5 Å². The maximum absolute atomic E-state index is 4.39. The summed E-state index contributed by atoms with van der Waals surface area (Å²) in [6.45, 7) is 6.65. The molecule has 27 heavy (non-hydrogen) atoms. The first kappa shape index (κ1) is 20.2. The predicted molar refractivity (Wildman–Crippen MR) is 114 cm³/mol. The van der Waals surface area contributed by atoms with E-state index in [1.165, 1.54) is 75.8 Å². The average Bonchev–Trinajstić information content (AvgIpc) is 2.91. The Morgan fingerprint density at radius 3 is 2.44 bits per heavy atom. The lowest BCUT2D eigenvalue weighted by Gasteiger charge is -2.25. The van der Waals surface area contributed by atoms with E-state index in [1.807, 2.05) is 7.05 Å². The summed E-state index contributed by atoms with van der Waals surface area (Å²) in [5.41, 5.74) is 2.72. The highest BCUT2D eigenvalue weighted by atomic mass is 15.2. The minimum atomic E-state index is 0.583. The second-order valence-corrected chi connectivity index (χ2v) is 8.15. The largest absolute Gasteiger partial charge is 0.354 e. The molecule has 0 radical (unpaired) electrons. The maximum atomic E-state index is 4.39. The van der Waals surface area contributed by atoms with E-state index in [0.717, 1.165) is 19.0 Å². The van der Waals surface area contributed by atoms with Crippen molar-refractivity contribution in [3.8, 4) is 0 Å². The van der Waals surface area contributed by atoms with E-state index in [-0.39, 0.29) is 0 Å². The molecular formula is C22H37N5. The fourth-order valence-corrected chi connectivity index (χ4v) is 4.10. The van der Waals surface area contributed by atoms with E-state index in [1.54, 1.807) is 0 Å². The number of hydrogen-bond donors (Lipinski definition) is 2. The minimum absolute atomic E-state index is 0.583. The fourth-order valence-electron chi connectivity index (χ4n) is 4.10. The smallest absolute Gasteiger partial charge is 0.191 e. The summed E-state index contributed by atoms with van der Waals surface area (Å²) in [6.07, 6.45) is 7.85. The molecule has 2 N–H and O–H groups in total. The number of likely N-dealkylation sites (N-methyl/N-ethyl adjacent to an activating group) is 1. The minimum Gasteiger partial charge on any atom is -0.354 e. The van der Waals surface area contributed by atoms with Crippen molar-refractivity contribution in [3.05, 3.63) is 35.4 Å². The number of rotatable bonds is 5. The average molecular weight is 372 g/mol. The highest BCUT2D eigenvalue weighted by Gasteiger charge is 2.14. The van der Waals surface area contributed by atoms with Gasteiger partial charge in [0.15, 0.2) is 5.96 Å². The van der Waals surface area contributed by atoms with Crippen LogP contribution in [-0.4, -0.2) is 62.1 Å². The molecule has 0 bridgehead atoms. The van der Waals surface area contributed by atoms with Gasteiger partial charge in [-0.3, -0.25) is 9.89 Å². The quantitative estimate of drug-likeness (QED) is 0.617. The van der Waals surface area contributed by atoms with Crippen molar-refractivity contribution in [3.63, 3.8) is 0 Å². The lowest BCUT2D eigenvalue weighted by Crippen LogP contribution is -2.43. The van der Waals surface area contributed by atoms with Gasteiger partial charge in [-0.05, 0) is 50.5 Å². The molecule has 150 valence electrons. The molecule has 0 unspecified atom stereocenters. The number of hydrogen-bond acceptors (Lipinski definition) is 3. The second-order valence-electron chi connectivity index (χ2n) is 8.15. The topological polar surface area (TPSA) is 42.9 Å². The summed E-state index contributed by atoms with van der Waals surface area (Å²) >= 11 is 0. The van der Waals surface area contributed by atoms with Crippen LogP contribution in [0.15, 0.2) is 29.3 Å². The standard InChI is InChI=1S/C22H37N5/c1-23-22(25-21-7-4-3-5-8-21)24-17-19-9-11-20(12-10-19)18-27-14-6-13-26(2)15-16-27/h9-12,21H,3-8,13-18H2,1-2H3,(H2,23,24,25). The molecule has 1 heterocycles. The van der Waals surface area contributed by atoms with Gasteiger partial charge in [-0.25, -0.2) is 0 Å². The first-order valence-corrected chi connectivity index (χ1v) is 10.7. The molecule has 1 aliphatic heterocycles. The van der Waals surface area contributed by atoms with Crippen molar-refractivity contribution in [1.82, 2.24) is 20.4 Å². The molecule has 3 rings (SSSR count). The van der Waals surface area contributed by atoms with E-state index in [2.05, 4.69) is 56.7 Å². The molecule has 0 aromatic heterocycles. The Kier molecular flexibility index (Phi) is 7.96. The van der Waals surface area contributed by atoms with Crippen LogP contribution in [0.25, 0.3) is 0 Å². The van der Waals surface area contributed by atoms with Crippen LogP contribution in [0.3, 0.4) is 0 Å². The van der Waals surface area contributed by atoms with Crippen LogP contribution in [0.2, 0.25) is 0 Å². The maximum Gasteiger partial charge on any atom is 0.191 e. The molecule has 1 aromatic rings. The summed E-state index contributed by atoms with van der Waals surface area (Å²) in [7, 11) is 4.09. The zero-order valence-corrected chi connectivity index (χ0v) is 17.2. The van der Waals surface area contributed by atoms with Crippen LogP contribution in [0.1, 0.15) is 49.7 Å². The lowest BCUT2D eigenvalue weighted by atomic mass is 9.96. The molecule has 0 atom stereocenters. The van der Waals surface area contributed by atoms with Crippen molar-refractivity contribution in [1.29, 1.82) is 0 Å². The van der Waals surface area contributed by atoms with Crippen LogP contribution >= 0.6 is 0 Å². The zero-order valence-electron chi connectivity index (χ0n) is 17.2. The number of nitrogens with one attached hydrogen (secondary N) is 2. The third kappa shape index (κ3) is 6.82. The predicted octanol–water partition coefficient (Wildman–Crippen LogP) is 2.82. The van der Waals surface area contributed by atoms with Crippen LogP contribution in [-0.2, 0) is 13.1 Å². The van der Waals surface area contributed by atoms with E-state index in [9.17, 15) is 0 Å². The molecule has 0 spiro atoms. The van der Waals surface area contributed by atoms with E-state index in [0.29, 0.717) is 6.04 Å². The Balaban J connectivity index is 1.44. The molecule has 1 aliphatic carbocycles. The highest BCUT2D eigenvalue weighted by molar-refractivity contribution is 5.79. The first-order valence-electron chi connectivity index (χ1n) is 10.7.